The lowest BCUT2D eigenvalue weighted by Crippen LogP contribution is -2.00. The number of carboxylic acids is 1. The lowest BCUT2D eigenvalue weighted by atomic mass is 10.0. The molecule has 0 saturated carbocycles. The average molecular weight is 362 g/mol. The summed E-state index contributed by atoms with van der Waals surface area (Å²) < 4.78 is 6.16. The van der Waals surface area contributed by atoms with Crippen LogP contribution in [0, 0.1) is 0 Å². The molecule has 0 unspecified atom stereocenters. The topological polar surface area (TPSA) is 46.5 Å². The van der Waals surface area contributed by atoms with Crippen molar-refractivity contribution in [1.29, 1.82) is 0 Å². The molecule has 0 aliphatic carbocycles. The number of carboxylic acid groups (broad SMARTS) is 1. The molecule has 27 heavy (non-hydrogen) atoms. The van der Waals surface area contributed by atoms with Crippen LogP contribution in [0.5, 0.6) is 5.75 Å². The maximum atomic E-state index is 10.6. The second-order valence-electron chi connectivity index (χ2n) is 6.84. The van der Waals surface area contributed by atoms with Crippen LogP contribution in [-0.4, -0.2) is 11.1 Å². The minimum absolute atomic E-state index is 0.269. The van der Waals surface area contributed by atoms with Crippen LogP contribution in [0.3, 0.4) is 0 Å². The van der Waals surface area contributed by atoms with Gasteiger partial charge >= 0.3 is 5.97 Å². The Morgan fingerprint density at radius 1 is 0.778 bits per heavy atom. The van der Waals surface area contributed by atoms with E-state index < -0.39 is 5.97 Å². The second kappa shape index (κ2) is 9.77. The predicted octanol–water partition coefficient (Wildman–Crippen LogP) is 6.00. The van der Waals surface area contributed by atoms with Gasteiger partial charge in [0.05, 0.1) is 0 Å². The number of unbranched alkanes of at least 4 members (excludes halogenated alkanes) is 3. The standard InChI is InChI=1S/C24H26O3/c25-24(26)17-4-2-1-3-11-20-12-6-8-16-23(20)27-18-21-14-9-13-19-10-5-7-15-22(19)21/h5-10,12-16H,1-4,11,17-18H2,(H,25,26). The van der Waals surface area contributed by atoms with Gasteiger partial charge in [0.2, 0.25) is 0 Å². The number of hydrogen-bond donors (Lipinski definition) is 1. The van der Waals surface area contributed by atoms with Gasteiger partial charge in [0, 0.05) is 6.42 Å². The highest BCUT2D eigenvalue weighted by Gasteiger charge is 2.06. The monoisotopic (exact) mass is 362 g/mol. The van der Waals surface area contributed by atoms with E-state index in [1.54, 1.807) is 0 Å². The zero-order valence-electron chi connectivity index (χ0n) is 15.6. The Morgan fingerprint density at radius 2 is 1.48 bits per heavy atom. The van der Waals surface area contributed by atoms with Crippen LogP contribution in [0.2, 0.25) is 0 Å². The van der Waals surface area contributed by atoms with Gasteiger partial charge < -0.3 is 9.84 Å². The number of carbonyl (C=O) groups is 1. The Balaban J connectivity index is 1.57. The summed E-state index contributed by atoms with van der Waals surface area (Å²) >= 11 is 0. The number of aliphatic carboxylic acids is 1. The Labute approximate surface area is 160 Å². The number of ether oxygens (including phenoxy) is 1. The number of benzene rings is 3. The van der Waals surface area contributed by atoms with Crippen molar-refractivity contribution in [3.63, 3.8) is 0 Å². The molecule has 0 bridgehead atoms. The van der Waals surface area contributed by atoms with Gasteiger partial charge in [-0.1, -0.05) is 73.5 Å². The van der Waals surface area contributed by atoms with Crippen molar-refractivity contribution in [2.75, 3.05) is 0 Å². The van der Waals surface area contributed by atoms with Gasteiger partial charge in [-0.3, -0.25) is 4.79 Å². The average Bonchev–Trinajstić information content (AvgIpc) is 2.69. The number of rotatable bonds is 10. The van der Waals surface area contributed by atoms with Crippen LogP contribution < -0.4 is 4.74 Å². The maximum Gasteiger partial charge on any atom is 0.303 e. The van der Waals surface area contributed by atoms with E-state index in [1.807, 2.05) is 18.2 Å². The third kappa shape index (κ3) is 5.58. The van der Waals surface area contributed by atoms with Crippen molar-refractivity contribution in [3.05, 3.63) is 77.9 Å². The minimum Gasteiger partial charge on any atom is -0.489 e. The summed E-state index contributed by atoms with van der Waals surface area (Å²) in [5.74, 6) is 0.234. The van der Waals surface area contributed by atoms with Gasteiger partial charge in [0.1, 0.15) is 12.4 Å². The van der Waals surface area contributed by atoms with Crippen LogP contribution in [0.15, 0.2) is 66.7 Å². The Bertz CT molecular complexity index is 880. The molecule has 0 aromatic heterocycles. The van der Waals surface area contributed by atoms with Crippen molar-refractivity contribution in [1.82, 2.24) is 0 Å². The van der Waals surface area contributed by atoms with E-state index in [0.717, 1.165) is 37.9 Å². The molecule has 3 heteroatoms. The van der Waals surface area contributed by atoms with Gasteiger partial charge in [-0.25, -0.2) is 0 Å². The van der Waals surface area contributed by atoms with Gasteiger partial charge in [0.25, 0.3) is 0 Å². The molecule has 0 spiro atoms. The highest BCUT2D eigenvalue weighted by atomic mass is 16.5. The SMILES string of the molecule is O=C(O)CCCCCCc1ccccc1OCc1cccc2ccccc12. The molecular formula is C24H26O3. The summed E-state index contributed by atoms with van der Waals surface area (Å²) in [6.45, 7) is 0.553. The van der Waals surface area contributed by atoms with E-state index in [-0.39, 0.29) is 6.42 Å². The molecule has 0 radical (unpaired) electrons. The number of hydrogen-bond acceptors (Lipinski definition) is 2. The fourth-order valence-corrected chi connectivity index (χ4v) is 3.37. The Kier molecular flexibility index (Phi) is 6.86. The van der Waals surface area contributed by atoms with Gasteiger partial charge in [-0.05, 0) is 47.2 Å². The van der Waals surface area contributed by atoms with Crippen LogP contribution in [0.4, 0.5) is 0 Å². The third-order valence-electron chi connectivity index (χ3n) is 4.82. The van der Waals surface area contributed by atoms with E-state index >= 15 is 0 Å². The van der Waals surface area contributed by atoms with Crippen LogP contribution in [0.1, 0.15) is 43.2 Å². The quantitative estimate of drug-likeness (QED) is 0.450. The molecule has 3 rings (SSSR count). The Morgan fingerprint density at radius 3 is 2.37 bits per heavy atom. The van der Waals surface area contributed by atoms with Crippen molar-refractivity contribution in [2.24, 2.45) is 0 Å². The zero-order chi connectivity index (χ0) is 18.9. The zero-order valence-corrected chi connectivity index (χ0v) is 15.6. The van der Waals surface area contributed by atoms with Gasteiger partial charge in [-0.2, -0.15) is 0 Å². The number of aryl methyl sites for hydroxylation is 1. The van der Waals surface area contributed by atoms with E-state index in [2.05, 4.69) is 48.5 Å². The van der Waals surface area contributed by atoms with Crippen LogP contribution in [0.25, 0.3) is 10.8 Å². The summed E-state index contributed by atoms with van der Waals surface area (Å²) in [7, 11) is 0. The normalized spacial score (nSPS) is 10.8. The second-order valence-corrected chi connectivity index (χ2v) is 6.84. The van der Waals surface area contributed by atoms with Crippen molar-refractivity contribution in [2.45, 2.75) is 45.1 Å². The maximum absolute atomic E-state index is 10.6. The molecule has 0 atom stereocenters. The molecule has 3 aromatic carbocycles. The van der Waals surface area contributed by atoms with Crippen LogP contribution >= 0.6 is 0 Å². The number of fused-ring (bicyclic) bond motifs is 1. The van der Waals surface area contributed by atoms with E-state index in [0.29, 0.717) is 6.61 Å². The molecule has 0 saturated heterocycles. The fraction of sp³-hybridized carbons (Fsp3) is 0.292. The first kappa shape index (κ1) is 19.0. The first-order valence-corrected chi connectivity index (χ1v) is 9.63. The molecule has 3 nitrogen and oxygen atoms in total. The molecule has 0 fully saturated rings. The molecule has 0 aliphatic heterocycles. The summed E-state index contributed by atoms with van der Waals surface area (Å²) in [6.07, 6.45) is 5.04. The highest BCUT2D eigenvalue weighted by Crippen LogP contribution is 2.24. The van der Waals surface area contributed by atoms with Crippen LogP contribution in [-0.2, 0) is 17.8 Å². The molecular weight excluding hydrogens is 336 g/mol. The summed E-state index contributed by atoms with van der Waals surface area (Å²) in [5.41, 5.74) is 2.41. The molecule has 1 N–H and O–H groups in total. The first-order valence-electron chi connectivity index (χ1n) is 9.63. The molecule has 0 amide bonds. The largest absolute Gasteiger partial charge is 0.489 e. The van der Waals surface area contributed by atoms with E-state index in [1.165, 1.54) is 21.9 Å². The summed E-state index contributed by atoms with van der Waals surface area (Å²) in [5, 5.41) is 11.1. The first-order chi connectivity index (χ1) is 13.2. The molecule has 3 aromatic rings. The predicted molar refractivity (Wildman–Crippen MR) is 109 cm³/mol. The summed E-state index contributed by atoms with van der Waals surface area (Å²) in [4.78, 5) is 10.6. The minimum atomic E-state index is -0.706. The number of para-hydroxylation sites is 1. The van der Waals surface area contributed by atoms with Gasteiger partial charge in [0.15, 0.2) is 0 Å². The van der Waals surface area contributed by atoms with Crippen molar-refractivity contribution < 1.29 is 14.6 Å². The Hall–Kier alpha value is -2.81. The van der Waals surface area contributed by atoms with Gasteiger partial charge in [-0.15, -0.1) is 0 Å². The molecule has 0 heterocycles. The summed E-state index contributed by atoms with van der Waals surface area (Å²) in [6, 6.07) is 22.9. The van der Waals surface area contributed by atoms with Crippen molar-refractivity contribution >= 4 is 16.7 Å². The lowest BCUT2D eigenvalue weighted by Gasteiger charge is -2.13. The highest BCUT2D eigenvalue weighted by molar-refractivity contribution is 5.85. The van der Waals surface area contributed by atoms with E-state index in [9.17, 15) is 4.79 Å². The molecule has 0 aliphatic rings. The molecule has 140 valence electrons. The smallest absolute Gasteiger partial charge is 0.303 e. The van der Waals surface area contributed by atoms with E-state index in [4.69, 9.17) is 9.84 Å². The lowest BCUT2D eigenvalue weighted by molar-refractivity contribution is -0.137. The third-order valence-corrected chi connectivity index (χ3v) is 4.82. The van der Waals surface area contributed by atoms with Crippen molar-refractivity contribution in [3.8, 4) is 5.75 Å². The fourth-order valence-electron chi connectivity index (χ4n) is 3.37.